The molecule has 2 aromatic carbocycles. The van der Waals surface area contributed by atoms with E-state index in [1.54, 1.807) is 0 Å². The molecule has 0 radical (unpaired) electrons. The van der Waals surface area contributed by atoms with E-state index in [4.69, 9.17) is 21.6 Å². The Kier molecular flexibility index (Phi) is 4.03. The van der Waals surface area contributed by atoms with Crippen LogP contribution in [-0.2, 0) is 0 Å². The topological polar surface area (TPSA) is 33.0 Å². The number of rotatable bonds is 2. The fourth-order valence-corrected chi connectivity index (χ4v) is 1.97. The van der Waals surface area contributed by atoms with Gasteiger partial charge in [0.05, 0.1) is 5.56 Å². The van der Waals surface area contributed by atoms with Crippen molar-refractivity contribution in [1.29, 1.82) is 5.26 Å². The number of nitriles is 1. The van der Waals surface area contributed by atoms with Gasteiger partial charge in [0.25, 0.3) is 0 Å². The van der Waals surface area contributed by atoms with Gasteiger partial charge in [-0.1, -0.05) is 27.5 Å². The highest BCUT2D eigenvalue weighted by molar-refractivity contribution is 9.10. The molecule has 0 atom stereocenters. The zero-order valence-corrected chi connectivity index (χ0v) is 11.6. The van der Waals surface area contributed by atoms with Crippen LogP contribution in [0.15, 0.2) is 34.8 Å². The average molecular weight is 345 g/mol. The van der Waals surface area contributed by atoms with Gasteiger partial charge in [-0.3, -0.25) is 0 Å². The zero-order valence-electron chi connectivity index (χ0n) is 9.25. The molecule has 2 aromatic rings. The van der Waals surface area contributed by atoms with Gasteiger partial charge in [0, 0.05) is 15.6 Å². The first-order chi connectivity index (χ1) is 9.01. The fraction of sp³-hybridized carbons (Fsp3) is 0. The summed E-state index contributed by atoms with van der Waals surface area (Å²) in [5.41, 5.74) is 0.171. The minimum absolute atomic E-state index is 0.0615. The highest BCUT2D eigenvalue weighted by Gasteiger charge is 2.14. The van der Waals surface area contributed by atoms with Crippen molar-refractivity contribution in [2.75, 3.05) is 0 Å². The summed E-state index contributed by atoms with van der Waals surface area (Å²) in [6, 6.07) is 8.42. The van der Waals surface area contributed by atoms with Crippen molar-refractivity contribution in [1.82, 2.24) is 0 Å². The summed E-state index contributed by atoms with van der Waals surface area (Å²) in [6.07, 6.45) is 0. The molecule has 2 nitrogen and oxygen atoms in total. The van der Waals surface area contributed by atoms with Crippen LogP contribution in [0.4, 0.5) is 8.78 Å². The van der Waals surface area contributed by atoms with Crippen LogP contribution in [0.25, 0.3) is 0 Å². The summed E-state index contributed by atoms with van der Waals surface area (Å²) >= 11 is 8.81. The normalized spacial score (nSPS) is 10.1. The van der Waals surface area contributed by atoms with E-state index in [2.05, 4.69) is 15.9 Å². The van der Waals surface area contributed by atoms with Crippen LogP contribution in [0, 0.1) is 23.0 Å². The summed E-state index contributed by atoms with van der Waals surface area (Å²) < 4.78 is 32.3. The fourth-order valence-electron chi connectivity index (χ4n) is 1.40. The molecular weight excluding hydrogens is 340 g/mol. The molecule has 96 valence electrons. The summed E-state index contributed by atoms with van der Waals surface area (Å²) in [7, 11) is 0. The molecule has 0 amide bonds. The molecule has 0 aliphatic carbocycles. The van der Waals surface area contributed by atoms with Gasteiger partial charge in [0.15, 0.2) is 11.6 Å². The van der Waals surface area contributed by atoms with Crippen LogP contribution < -0.4 is 4.74 Å². The molecular formula is C13H5BrClF2NO. The minimum Gasteiger partial charge on any atom is -0.453 e. The summed E-state index contributed by atoms with van der Waals surface area (Å²) in [4.78, 5) is 0. The Morgan fingerprint density at radius 1 is 1.16 bits per heavy atom. The van der Waals surface area contributed by atoms with Gasteiger partial charge in [-0.05, 0) is 24.3 Å². The number of ether oxygens (including phenoxy) is 1. The lowest BCUT2D eigenvalue weighted by Gasteiger charge is -2.09. The largest absolute Gasteiger partial charge is 0.453 e. The van der Waals surface area contributed by atoms with Crippen molar-refractivity contribution in [2.24, 2.45) is 0 Å². The monoisotopic (exact) mass is 343 g/mol. The SMILES string of the molecule is N#Cc1ccc(Cl)cc1Oc1cc(Br)cc(F)c1F. The number of nitrogens with zero attached hydrogens (tertiary/aromatic N) is 1. The highest BCUT2D eigenvalue weighted by atomic mass is 79.9. The van der Waals surface area contributed by atoms with E-state index in [1.807, 2.05) is 6.07 Å². The van der Waals surface area contributed by atoms with Gasteiger partial charge in [-0.15, -0.1) is 0 Å². The maximum absolute atomic E-state index is 13.6. The van der Waals surface area contributed by atoms with Crippen molar-refractivity contribution >= 4 is 27.5 Å². The van der Waals surface area contributed by atoms with Crippen LogP contribution in [0.3, 0.4) is 0 Å². The molecule has 0 aromatic heterocycles. The zero-order chi connectivity index (χ0) is 14.0. The van der Waals surface area contributed by atoms with Crippen LogP contribution in [-0.4, -0.2) is 0 Å². The number of halogens is 4. The first kappa shape index (κ1) is 13.8. The second kappa shape index (κ2) is 5.55. The van der Waals surface area contributed by atoms with E-state index in [9.17, 15) is 8.78 Å². The van der Waals surface area contributed by atoms with Gasteiger partial charge in [-0.2, -0.15) is 9.65 Å². The molecule has 0 bridgehead atoms. The van der Waals surface area contributed by atoms with Crippen LogP contribution >= 0.6 is 27.5 Å². The van der Waals surface area contributed by atoms with Gasteiger partial charge in [0.1, 0.15) is 11.8 Å². The van der Waals surface area contributed by atoms with Crippen LogP contribution in [0.5, 0.6) is 11.5 Å². The molecule has 0 aliphatic rings. The van der Waals surface area contributed by atoms with E-state index in [0.717, 1.165) is 6.07 Å². The molecule has 0 heterocycles. The Balaban J connectivity index is 2.47. The minimum atomic E-state index is -1.13. The second-order valence-electron chi connectivity index (χ2n) is 3.55. The summed E-state index contributed by atoms with van der Waals surface area (Å²) in [6.45, 7) is 0. The lowest BCUT2D eigenvalue weighted by molar-refractivity contribution is 0.414. The lowest BCUT2D eigenvalue weighted by atomic mass is 10.2. The standard InChI is InChI=1S/C13H5BrClF2NO/c14-8-3-10(16)13(17)12(4-8)19-11-5-9(15)2-1-7(11)6-18/h1-5H. The van der Waals surface area contributed by atoms with Crippen molar-refractivity contribution in [3.8, 4) is 17.6 Å². The van der Waals surface area contributed by atoms with Crippen molar-refractivity contribution in [3.63, 3.8) is 0 Å². The maximum atomic E-state index is 13.6. The van der Waals surface area contributed by atoms with Gasteiger partial charge in [0.2, 0.25) is 5.82 Å². The summed E-state index contributed by atoms with van der Waals surface area (Å²) in [5.74, 6) is -2.45. The third-order valence-corrected chi connectivity index (χ3v) is 2.94. The molecule has 0 saturated heterocycles. The van der Waals surface area contributed by atoms with Crippen LogP contribution in [0.2, 0.25) is 5.02 Å². The third kappa shape index (κ3) is 3.03. The maximum Gasteiger partial charge on any atom is 0.201 e. The number of benzene rings is 2. The molecule has 2 rings (SSSR count). The first-order valence-electron chi connectivity index (χ1n) is 5.03. The predicted molar refractivity (Wildman–Crippen MR) is 70.3 cm³/mol. The predicted octanol–water partition coefficient (Wildman–Crippen LogP) is 5.04. The Morgan fingerprint density at radius 3 is 2.58 bits per heavy atom. The van der Waals surface area contributed by atoms with Crippen molar-refractivity contribution in [2.45, 2.75) is 0 Å². The van der Waals surface area contributed by atoms with Gasteiger partial charge < -0.3 is 4.74 Å². The van der Waals surface area contributed by atoms with E-state index in [1.165, 1.54) is 24.3 Å². The molecule has 0 fully saturated rings. The molecule has 0 spiro atoms. The third-order valence-electron chi connectivity index (χ3n) is 2.24. The summed E-state index contributed by atoms with van der Waals surface area (Å²) in [5, 5.41) is 9.24. The molecule has 0 saturated carbocycles. The Labute approximate surface area is 121 Å². The van der Waals surface area contributed by atoms with Crippen molar-refractivity contribution < 1.29 is 13.5 Å². The number of hydrogen-bond acceptors (Lipinski definition) is 2. The first-order valence-corrected chi connectivity index (χ1v) is 6.20. The van der Waals surface area contributed by atoms with Gasteiger partial charge in [-0.25, -0.2) is 4.39 Å². The highest BCUT2D eigenvalue weighted by Crippen LogP contribution is 2.32. The van der Waals surface area contributed by atoms with E-state index < -0.39 is 11.6 Å². The molecule has 0 N–H and O–H groups in total. The molecule has 6 heteroatoms. The lowest BCUT2D eigenvalue weighted by Crippen LogP contribution is -1.94. The van der Waals surface area contributed by atoms with Crippen molar-refractivity contribution in [3.05, 3.63) is 57.0 Å². The molecule has 19 heavy (non-hydrogen) atoms. The molecule has 0 unspecified atom stereocenters. The second-order valence-corrected chi connectivity index (χ2v) is 4.91. The average Bonchev–Trinajstić information content (AvgIpc) is 2.35. The molecule has 0 aliphatic heterocycles. The number of hydrogen-bond donors (Lipinski definition) is 0. The Hall–Kier alpha value is -1.64. The van der Waals surface area contributed by atoms with Crippen LogP contribution in [0.1, 0.15) is 5.56 Å². The van der Waals surface area contributed by atoms with Gasteiger partial charge >= 0.3 is 0 Å². The van der Waals surface area contributed by atoms with E-state index in [0.29, 0.717) is 9.50 Å². The quantitative estimate of drug-likeness (QED) is 0.715. The Bertz CT molecular complexity index is 685. The van der Waals surface area contributed by atoms with E-state index >= 15 is 0 Å². The smallest absolute Gasteiger partial charge is 0.201 e. The Morgan fingerprint density at radius 2 is 1.89 bits per heavy atom. The van der Waals surface area contributed by atoms with E-state index in [-0.39, 0.29) is 17.1 Å².